The molecule has 1 aromatic carbocycles. The number of hydrogen-bond donors (Lipinski definition) is 0. The van der Waals surface area contributed by atoms with Crippen LogP contribution in [0.15, 0.2) is 30.3 Å². The molecule has 27 heavy (non-hydrogen) atoms. The summed E-state index contributed by atoms with van der Waals surface area (Å²) in [6.45, 7) is 7.00. The fraction of sp³-hybridized carbons (Fsp3) is 0.708. The van der Waals surface area contributed by atoms with Gasteiger partial charge in [0.25, 0.3) is 0 Å². The summed E-state index contributed by atoms with van der Waals surface area (Å²) in [6.07, 6.45) is 14.9. The maximum Gasteiger partial charge on any atom is 0.327 e. The van der Waals surface area contributed by atoms with E-state index in [1.807, 2.05) is 36.6 Å². The highest BCUT2D eigenvalue weighted by Crippen LogP contribution is 2.42. The second kappa shape index (κ2) is 14.1. The first-order chi connectivity index (χ1) is 13.1. The predicted molar refractivity (Wildman–Crippen MR) is 119 cm³/mol. The zero-order chi connectivity index (χ0) is 20.0. The molecule has 0 aliphatic carbocycles. The van der Waals surface area contributed by atoms with Crippen LogP contribution in [0.1, 0.15) is 90.5 Å². The van der Waals surface area contributed by atoms with Crippen LogP contribution in [0.3, 0.4) is 0 Å². The Balaban J connectivity index is 2.31. The van der Waals surface area contributed by atoms with E-state index in [2.05, 4.69) is 20.8 Å². The second-order valence-corrected chi connectivity index (χ2v) is 8.83. The minimum absolute atomic E-state index is 0.0906. The molecule has 0 saturated heterocycles. The number of carbonyl (C=O) groups is 1. The molecule has 0 heterocycles. The fourth-order valence-electron chi connectivity index (χ4n) is 3.67. The lowest BCUT2D eigenvalue weighted by Crippen LogP contribution is -2.39. The van der Waals surface area contributed by atoms with Gasteiger partial charge >= 0.3 is 5.97 Å². The molecule has 0 fully saturated rings. The van der Waals surface area contributed by atoms with E-state index in [1.165, 1.54) is 51.4 Å². The topological polar surface area (TPSA) is 26.3 Å². The largest absolute Gasteiger partial charge is 0.464 e. The lowest BCUT2D eigenvalue weighted by Gasteiger charge is -2.34. The highest BCUT2D eigenvalue weighted by Gasteiger charge is 2.44. The Morgan fingerprint density at radius 1 is 0.926 bits per heavy atom. The third-order valence-corrected chi connectivity index (χ3v) is 6.89. The van der Waals surface area contributed by atoms with Gasteiger partial charge in [0.1, 0.15) is 4.75 Å². The number of ether oxygens (including phenoxy) is 1. The van der Waals surface area contributed by atoms with Gasteiger partial charge in [-0.2, -0.15) is 0 Å². The number of benzene rings is 1. The van der Waals surface area contributed by atoms with Gasteiger partial charge in [-0.1, -0.05) is 109 Å². The van der Waals surface area contributed by atoms with Crippen molar-refractivity contribution in [1.82, 2.24) is 0 Å². The SMILES string of the molecule is CCCCCCCCCCCCOC(=O)C(SC)(c1ccccc1)C(C)C. The molecule has 1 unspecified atom stereocenters. The number of rotatable bonds is 15. The summed E-state index contributed by atoms with van der Waals surface area (Å²) in [5.41, 5.74) is 1.04. The van der Waals surface area contributed by atoms with Crippen LogP contribution >= 0.6 is 11.8 Å². The molecule has 0 aliphatic heterocycles. The molecule has 0 saturated carbocycles. The summed E-state index contributed by atoms with van der Waals surface area (Å²) < 4.78 is 5.12. The maximum atomic E-state index is 13.0. The van der Waals surface area contributed by atoms with Crippen molar-refractivity contribution in [1.29, 1.82) is 0 Å². The quantitative estimate of drug-likeness (QED) is 0.230. The van der Waals surface area contributed by atoms with E-state index in [4.69, 9.17) is 4.74 Å². The van der Waals surface area contributed by atoms with Gasteiger partial charge in [-0.15, -0.1) is 11.8 Å². The van der Waals surface area contributed by atoms with Crippen molar-refractivity contribution in [3.63, 3.8) is 0 Å². The van der Waals surface area contributed by atoms with E-state index in [0.29, 0.717) is 6.61 Å². The average molecular weight is 393 g/mol. The van der Waals surface area contributed by atoms with Gasteiger partial charge in [-0.05, 0) is 24.2 Å². The van der Waals surface area contributed by atoms with Gasteiger partial charge in [0, 0.05) is 0 Å². The van der Waals surface area contributed by atoms with Crippen molar-refractivity contribution in [2.45, 2.75) is 89.7 Å². The van der Waals surface area contributed by atoms with Gasteiger partial charge in [-0.3, -0.25) is 4.79 Å². The Hall–Kier alpha value is -0.960. The van der Waals surface area contributed by atoms with Crippen molar-refractivity contribution in [2.75, 3.05) is 12.9 Å². The smallest absolute Gasteiger partial charge is 0.327 e. The van der Waals surface area contributed by atoms with Crippen LogP contribution in [-0.2, 0) is 14.3 Å². The normalized spacial score (nSPS) is 13.5. The molecular weight excluding hydrogens is 352 g/mol. The van der Waals surface area contributed by atoms with Gasteiger partial charge in [0.15, 0.2) is 0 Å². The van der Waals surface area contributed by atoms with Crippen molar-refractivity contribution in [3.05, 3.63) is 35.9 Å². The molecule has 1 atom stereocenters. The summed E-state index contributed by atoms with van der Waals surface area (Å²) in [5, 5.41) is 0. The number of esters is 1. The zero-order valence-electron chi connectivity index (χ0n) is 18.0. The summed E-state index contributed by atoms with van der Waals surface area (Å²) in [4.78, 5) is 13.0. The van der Waals surface area contributed by atoms with E-state index in [1.54, 1.807) is 11.8 Å². The fourth-order valence-corrected chi connectivity index (χ4v) is 4.74. The highest BCUT2D eigenvalue weighted by molar-refractivity contribution is 8.00. The highest BCUT2D eigenvalue weighted by atomic mass is 32.2. The number of hydrogen-bond acceptors (Lipinski definition) is 3. The minimum Gasteiger partial charge on any atom is -0.464 e. The van der Waals surface area contributed by atoms with E-state index in [0.717, 1.165) is 18.4 Å². The standard InChI is InChI=1S/C24H40O2S/c1-5-6-7-8-9-10-11-12-13-17-20-26-23(25)24(27-4,21(2)3)22-18-15-14-16-19-22/h14-16,18-19,21H,5-13,17,20H2,1-4H3. The van der Waals surface area contributed by atoms with Crippen LogP contribution in [0.4, 0.5) is 0 Å². The van der Waals surface area contributed by atoms with Crippen LogP contribution in [-0.4, -0.2) is 18.8 Å². The molecule has 2 nitrogen and oxygen atoms in total. The third kappa shape index (κ3) is 7.89. The molecule has 0 N–H and O–H groups in total. The molecule has 1 rings (SSSR count). The number of unbranched alkanes of at least 4 members (excludes halogenated alkanes) is 9. The molecular formula is C24H40O2S. The Morgan fingerprint density at radius 3 is 1.93 bits per heavy atom. The van der Waals surface area contributed by atoms with Crippen LogP contribution in [0, 0.1) is 5.92 Å². The molecule has 0 bridgehead atoms. The first kappa shape index (κ1) is 24.1. The van der Waals surface area contributed by atoms with Gasteiger partial charge in [-0.25, -0.2) is 0 Å². The molecule has 0 aliphatic rings. The Labute approximate surface area is 171 Å². The van der Waals surface area contributed by atoms with E-state index in [-0.39, 0.29) is 11.9 Å². The Kier molecular flexibility index (Phi) is 12.6. The molecule has 3 heteroatoms. The number of carbonyl (C=O) groups excluding carboxylic acids is 1. The number of thioether (sulfide) groups is 1. The molecule has 0 spiro atoms. The van der Waals surface area contributed by atoms with Crippen LogP contribution in [0.5, 0.6) is 0 Å². The van der Waals surface area contributed by atoms with E-state index >= 15 is 0 Å². The minimum atomic E-state index is -0.611. The predicted octanol–water partition coefficient (Wildman–Crippen LogP) is 7.37. The molecule has 0 aromatic heterocycles. The molecule has 0 radical (unpaired) electrons. The monoisotopic (exact) mass is 392 g/mol. The van der Waals surface area contributed by atoms with Crippen molar-refractivity contribution in [2.24, 2.45) is 5.92 Å². The molecule has 154 valence electrons. The van der Waals surface area contributed by atoms with E-state index < -0.39 is 4.75 Å². The van der Waals surface area contributed by atoms with Crippen LogP contribution in [0.2, 0.25) is 0 Å². The van der Waals surface area contributed by atoms with E-state index in [9.17, 15) is 4.79 Å². The summed E-state index contributed by atoms with van der Waals surface area (Å²) in [5.74, 6) is 0.0854. The first-order valence-electron chi connectivity index (χ1n) is 10.9. The Bertz CT molecular complexity index is 500. The molecule has 0 amide bonds. The van der Waals surface area contributed by atoms with Crippen LogP contribution < -0.4 is 0 Å². The summed E-state index contributed by atoms with van der Waals surface area (Å²) in [7, 11) is 0. The van der Waals surface area contributed by atoms with Gasteiger partial charge in [0.2, 0.25) is 0 Å². The van der Waals surface area contributed by atoms with Crippen molar-refractivity contribution in [3.8, 4) is 0 Å². The van der Waals surface area contributed by atoms with Gasteiger partial charge in [0.05, 0.1) is 6.61 Å². The Morgan fingerprint density at radius 2 is 1.44 bits per heavy atom. The summed E-state index contributed by atoms with van der Waals surface area (Å²) in [6, 6.07) is 10.1. The lowest BCUT2D eigenvalue weighted by atomic mass is 9.87. The van der Waals surface area contributed by atoms with Gasteiger partial charge < -0.3 is 4.74 Å². The molecule has 1 aromatic rings. The summed E-state index contributed by atoms with van der Waals surface area (Å²) >= 11 is 1.60. The van der Waals surface area contributed by atoms with Crippen molar-refractivity contribution < 1.29 is 9.53 Å². The lowest BCUT2D eigenvalue weighted by molar-refractivity contribution is -0.148. The second-order valence-electron chi connectivity index (χ2n) is 7.78. The van der Waals surface area contributed by atoms with Crippen molar-refractivity contribution >= 4 is 17.7 Å². The first-order valence-corrected chi connectivity index (χ1v) is 12.1. The average Bonchev–Trinajstić information content (AvgIpc) is 2.67. The third-order valence-electron chi connectivity index (χ3n) is 5.37. The zero-order valence-corrected chi connectivity index (χ0v) is 18.8. The van der Waals surface area contributed by atoms with Crippen LogP contribution in [0.25, 0.3) is 0 Å². The maximum absolute atomic E-state index is 13.0.